The van der Waals surface area contributed by atoms with E-state index in [0.717, 1.165) is 21.3 Å². The van der Waals surface area contributed by atoms with Crippen LogP contribution < -0.4 is 16.0 Å². The molecule has 3 aromatic heterocycles. The predicted octanol–water partition coefficient (Wildman–Crippen LogP) is 3.19. The van der Waals surface area contributed by atoms with E-state index in [1.807, 2.05) is 0 Å². The first-order chi connectivity index (χ1) is 16.6. The minimum atomic E-state index is -4.70. The lowest BCUT2D eigenvalue weighted by molar-refractivity contribution is -0.138. The number of para-hydroxylation sites is 1. The van der Waals surface area contributed by atoms with Crippen molar-refractivity contribution in [2.24, 2.45) is 7.05 Å². The summed E-state index contributed by atoms with van der Waals surface area (Å²) in [5.74, 6) is -0.522. The molecule has 0 aliphatic heterocycles. The fourth-order valence-electron chi connectivity index (χ4n) is 3.55. The molecule has 0 aliphatic carbocycles. The summed E-state index contributed by atoms with van der Waals surface area (Å²) in [6, 6.07) is 7.40. The van der Waals surface area contributed by atoms with Gasteiger partial charge in [0.25, 0.3) is 5.56 Å². The molecule has 0 radical (unpaired) electrons. The number of benzene rings is 1. The molecule has 1 N–H and O–H groups in total. The number of pyridine rings is 1. The topological polar surface area (TPSA) is 104 Å². The second-order valence-corrected chi connectivity index (χ2v) is 8.03. The Kier molecular flexibility index (Phi) is 6.68. The van der Waals surface area contributed by atoms with Gasteiger partial charge in [-0.1, -0.05) is 23.7 Å². The Balaban J connectivity index is 1.96. The number of hydrogen-bond donors (Lipinski definition) is 1. The molecule has 0 saturated carbocycles. The first-order valence-electron chi connectivity index (χ1n) is 10.4. The van der Waals surface area contributed by atoms with E-state index in [1.54, 1.807) is 12.1 Å². The first kappa shape index (κ1) is 24.5. The Hall–Kier alpha value is -3.64. The van der Waals surface area contributed by atoms with Crippen LogP contribution in [-0.2, 0) is 26.3 Å². The van der Waals surface area contributed by atoms with E-state index in [0.29, 0.717) is 10.7 Å². The van der Waals surface area contributed by atoms with Gasteiger partial charge in [0, 0.05) is 26.4 Å². The van der Waals surface area contributed by atoms with Crippen LogP contribution in [0.3, 0.4) is 0 Å². The summed E-state index contributed by atoms with van der Waals surface area (Å²) in [7, 11) is 1.38. The fraction of sp³-hybridized carbons (Fsp3) is 0.273. The van der Waals surface area contributed by atoms with Gasteiger partial charge >= 0.3 is 17.9 Å². The molecule has 184 valence electrons. The van der Waals surface area contributed by atoms with Crippen LogP contribution in [0, 0.1) is 0 Å². The first-order valence-corrected chi connectivity index (χ1v) is 10.7. The Morgan fingerprint density at radius 3 is 2.51 bits per heavy atom. The van der Waals surface area contributed by atoms with Crippen LogP contribution in [0.4, 0.5) is 13.2 Å². The summed E-state index contributed by atoms with van der Waals surface area (Å²) in [6.45, 7) is -0.412. The third kappa shape index (κ3) is 4.80. The molecule has 0 bridgehead atoms. The quantitative estimate of drug-likeness (QED) is 0.410. The van der Waals surface area contributed by atoms with Crippen molar-refractivity contribution in [3.8, 4) is 11.8 Å². The van der Waals surface area contributed by atoms with E-state index >= 15 is 0 Å². The second kappa shape index (κ2) is 9.55. The third-order valence-corrected chi connectivity index (χ3v) is 5.46. The summed E-state index contributed by atoms with van der Waals surface area (Å²) in [6.07, 6.45) is -3.17. The van der Waals surface area contributed by atoms with E-state index in [2.05, 4.69) is 9.97 Å². The maximum absolute atomic E-state index is 13.5. The number of aryl methyl sites for hydroxylation is 1. The van der Waals surface area contributed by atoms with Gasteiger partial charge in [-0.3, -0.25) is 23.5 Å². The lowest BCUT2D eigenvalue weighted by Crippen LogP contribution is -2.39. The number of imidazole rings is 1. The normalized spacial score (nSPS) is 11.8. The zero-order valence-electron chi connectivity index (χ0n) is 18.3. The lowest BCUT2D eigenvalue weighted by atomic mass is 10.2. The molecule has 4 aromatic rings. The number of fused-ring (bicyclic) bond motifs is 1. The predicted molar refractivity (Wildman–Crippen MR) is 121 cm³/mol. The number of aliphatic hydroxyl groups is 1. The highest BCUT2D eigenvalue weighted by Crippen LogP contribution is 2.38. The maximum atomic E-state index is 13.5. The molecule has 0 saturated heterocycles. The number of ether oxygens (including phenoxy) is 1. The zero-order chi connectivity index (χ0) is 25.3. The van der Waals surface area contributed by atoms with Gasteiger partial charge in [0.2, 0.25) is 0 Å². The van der Waals surface area contributed by atoms with Crippen molar-refractivity contribution in [2.75, 3.05) is 6.61 Å². The monoisotopic (exact) mass is 509 g/mol. The van der Waals surface area contributed by atoms with Crippen molar-refractivity contribution in [1.82, 2.24) is 23.7 Å². The molecule has 3 heterocycles. The molecule has 0 atom stereocenters. The number of hydrogen-bond acceptors (Lipinski definition) is 6. The van der Waals surface area contributed by atoms with Crippen LogP contribution in [-0.4, -0.2) is 35.4 Å². The summed E-state index contributed by atoms with van der Waals surface area (Å²) < 4.78 is 49.5. The highest BCUT2D eigenvalue weighted by molar-refractivity contribution is 6.30. The second-order valence-electron chi connectivity index (χ2n) is 7.59. The number of rotatable bonds is 7. The Labute approximate surface area is 200 Å². The summed E-state index contributed by atoms with van der Waals surface area (Å²) in [5.41, 5.74) is -2.17. The molecule has 0 unspecified atom stereocenters. The van der Waals surface area contributed by atoms with Crippen molar-refractivity contribution in [1.29, 1.82) is 0 Å². The van der Waals surface area contributed by atoms with Crippen molar-refractivity contribution in [2.45, 2.75) is 25.7 Å². The van der Waals surface area contributed by atoms with Gasteiger partial charge in [-0.2, -0.15) is 18.2 Å². The molecule has 0 aliphatic rings. The smallest absolute Gasteiger partial charge is 0.419 e. The van der Waals surface area contributed by atoms with Crippen molar-refractivity contribution in [3.63, 3.8) is 0 Å². The molecular formula is C22H19ClF3N5O4. The molecule has 35 heavy (non-hydrogen) atoms. The van der Waals surface area contributed by atoms with Crippen molar-refractivity contribution < 1.29 is 23.0 Å². The molecule has 0 fully saturated rings. The van der Waals surface area contributed by atoms with Crippen LogP contribution in [0.1, 0.15) is 17.7 Å². The molecule has 13 heteroatoms. The van der Waals surface area contributed by atoms with Crippen molar-refractivity contribution >= 4 is 22.8 Å². The number of nitrogens with zero attached hydrogens (tertiary/aromatic N) is 5. The summed E-state index contributed by atoms with van der Waals surface area (Å²) >= 11 is 5.90. The van der Waals surface area contributed by atoms with Crippen LogP contribution in [0.5, 0.6) is 11.8 Å². The molecule has 0 spiro atoms. The molecular weight excluding hydrogens is 491 g/mol. The van der Waals surface area contributed by atoms with E-state index < -0.39 is 28.7 Å². The SMILES string of the molecule is Cn1c(=O)n(CCCO)c(=O)c2c1nc(Oc1ccccc1C(F)(F)F)n2Cc1ccc(Cl)cn1. The van der Waals surface area contributed by atoms with Gasteiger partial charge in [-0.25, -0.2) is 4.79 Å². The van der Waals surface area contributed by atoms with Gasteiger partial charge in [0.15, 0.2) is 11.2 Å². The van der Waals surface area contributed by atoms with E-state index in [4.69, 9.17) is 21.4 Å². The van der Waals surface area contributed by atoms with Gasteiger partial charge in [-0.05, 0) is 30.7 Å². The van der Waals surface area contributed by atoms with Gasteiger partial charge in [0.05, 0.1) is 22.8 Å². The average molecular weight is 510 g/mol. The number of aliphatic hydroxyl groups excluding tert-OH is 1. The van der Waals surface area contributed by atoms with Crippen molar-refractivity contribution in [3.05, 3.63) is 79.7 Å². The molecule has 0 amide bonds. The van der Waals surface area contributed by atoms with Gasteiger partial charge < -0.3 is 9.84 Å². The Morgan fingerprint density at radius 2 is 1.86 bits per heavy atom. The van der Waals surface area contributed by atoms with Gasteiger partial charge in [-0.15, -0.1) is 0 Å². The van der Waals surface area contributed by atoms with Crippen LogP contribution in [0.25, 0.3) is 11.2 Å². The molecule has 9 nitrogen and oxygen atoms in total. The van der Waals surface area contributed by atoms with Gasteiger partial charge in [0.1, 0.15) is 5.75 Å². The van der Waals surface area contributed by atoms with E-state index in [9.17, 15) is 22.8 Å². The standard InChI is InChI=1S/C22H19ClF3N5O4/c1-29-18-17(19(33)30(21(29)34)9-4-10-32)31(12-14-8-7-13(23)11-27-14)20(28-18)35-16-6-3-2-5-15(16)22(24,25)26/h2-3,5-8,11,32H,4,9-10,12H2,1H3. The number of alkyl halides is 3. The maximum Gasteiger partial charge on any atom is 0.419 e. The number of halogens is 4. The third-order valence-electron chi connectivity index (χ3n) is 5.24. The number of aromatic nitrogens is 5. The van der Waals surface area contributed by atoms with Crippen LogP contribution >= 0.6 is 11.6 Å². The average Bonchev–Trinajstić information content (AvgIpc) is 3.17. The van der Waals surface area contributed by atoms with E-state index in [-0.39, 0.29) is 43.3 Å². The molecule has 1 aromatic carbocycles. The minimum Gasteiger partial charge on any atom is -0.425 e. The molecule has 4 rings (SSSR count). The largest absolute Gasteiger partial charge is 0.425 e. The van der Waals surface area contributed by atoms with Crippen LogP contribution in [0.2, 0.25) is 5.02 Å². The highest BCUT2D eigenvalue weighted by Gasteiger charge is 2.35. The Bertz CT molecular complexity index is 1490. The zero-order valence-corrected chi connectivity index (χ0v) is 19.0. The van der Waals surface area contributed by atoms with Crippen LogP contribution in [0.15, 0.2) is 52.2 Å². The minimum absolute atomic E-state index is 0.0601. The highest BCUT2D eigenvalue weighted by atomic mass is 35.5. The fourth-order valence-corrected chi connectivity index (χ4v) is 3.66. The Morgan fingerprint density at radius 1 is 1.11 bits per heavy atom. The lowest BCUT2D eigenvalue weighted by Gasteiger charge is -2.14. The summed E-state index contributed by atoms with van der Waals surface area (Å²) in [4.78, 5) is 34.4. The van der Waals surface area contributed by atoms with E-state index in [1.165, 1.54) is 29.9 Å². The summed E-state index contributed by atoms with van der Waals surface area (Å²) in [5, 5.41) is 9.52.